The van der Waals surface area contributed by atoms with Crippen LogP contribution in [0.3, 0.4) is 0 Å². The summed E-state index contributed by atoms with van der Waals surface area (Å²) in [6, 6.07) is 12.6. The summed E-state index contributed by atoms with van der Waals surface area (Å²) in [6.45, 7) is 0. The van der Waals surface area contributed by atoms with Gasteiger partial charge in [0.15, 0.2) is 0 Å². The van der Waals surface area contributed by atoms with E-state index < -0.39 is 0 Å². The smallest absolute Gasteiger partial charge is 0.248 e. The van der Waals surface area contributed by atoms with Crippen molar-refractivity contribution in [2.45, 2.75) is 6.04 Å². The molecule has 1 aromatic carbocycles. The van der Waals surface area contributed by atoms with E-state index in [9.17, 15) is 0 Å². The molecule has 0 spiro atoms. The quantitative estimate of drug-likeness (QED) is 0.803. The van der Waals surface area contributed by atoms with Gasteiger partial charge in [0.2, 0.25) is 5.95 Å². The summed E-state index contributed by atoms with van der Waals surface area (Å²) in [5.41, 5.74) is 3.37. The number of anilines is 2. The van der Waals surface area contributed by atoms with Gasteiger partial charge >= 0.3 is 0 Å². The zero-order valence-electron chi connectivity index (χ0n) is 12.8. The first-order valence-electron chi connectivity index (χ1n) is 7.30. The Morgan fingerprint density at radius 1 is 1.17 bits per heavy atom. The minimum Gasteiger partial charge on any atom is -0.378 e. The van der Waals surface area contributed by atoms with E-state index in [2.05, 4.69) is 67.5 Å². The number of hydrogen-bond acceptors (Lipinski definition) is 6. The number of aromatic nitrogens is 4. The van der Waals surface area contributed by atoms with Crippen LogP contribution in [-0.4, -0.2) is 34.3 Å². The minimum absolute atomic E-state index is 0.0189. The highest BCUT2D eigenvalue weighted by molar-refractivity contribution is 7.11. The van der Waals surface area contributed by atoms with E-state index in [0.29, 0.717) is 5.95 Å². The Morgan fingerprint density at radius 2 is 2.00 bits per heavy atom. The Labute approximate surface area is 138 Å². The third-order valence-corrected chi connectivity index (χ3v) is 4.77. The number of rotatable bonds is 3. The van der Waals surface area contributed by atoms with Crippen molar-refractivity contribution < 1.29 is 0 Å². The summed E-state index contributed by atoms with van der Waals surface area (Å²) in [5.74, 6) is 0.664. The van der Waals surface area contributed by atoms with E-state index in [-0.39, 0.29) is 6.04 Å². The second-order valence-corrected chi connectivity index (χ2v) is 6.51. The molecule has 3 aromatic rings. The Hall–Kier alpha value is -2.67. The Morgan fingerprint density at radius 3 is 2.70 bits per heavy atom. The van der Waals surface area contributed by atoms with E-state index in [1.807, 2.05) is 24.8 Å². The SMILES string of the molecule is CN(C)c1ccc(C2C=C(c3cccs3)Nc3nnnn32)cc1. The summed E-state index contributed by atoms with van der Waals surface area (Å²) < 4.78 is 1.81. The van der Waals surface area contributed by atoms with Crippen LogP contribution in [0.4, 0.5) is 11.6 Å². The molecule has 0 aliphatic carbocycles. The molecular weight excluding hydrogens is 308 g/mol. The van der Waals surface area contributed by atoms with Gasteiger partial charge in [0, 0.05) is 19.8 Å². The molecule has 0 amide bonds. The topological polar surface area (TPSA) is 58.9 Å². The molecule has 0 saturated carbocycles. The lowest BCUT2D eigenvalue weighted by Crippen LogP contribution is -2.20. The lowest BCUT2D eigenvalue weighted by molar-refractivity contribution is 0.586. The van der Waals surface area contributed by atoms with Crippen molar-refractivity contribution in [3.8, 4) is 0 Å². The van der Waals surface area contributed by atoms with E-state index >= 15 is 0 Å². The molecule has 1 aliphatic rings. The number of tetrazole rings is 1. The van der Waals surface area contributed by atoms with Gasteiger partial charge in [-0.15, -0.1) is 11.3 Å². The number of fused-ring (bicyclic) bond motifs is 1. The molecule has 2 aromatic heterocycles. The maximum Gasteiger partial charge on any atom is 0.248 e. The Kier molecular flexibility index (Phi) is 3.34. The summed E-state index contributed by atoms with van der Waals surface area (Å²) in [7, 11) is 4.07. The average molecular weight is 324 g/mol. The van der Waals surface area contributed by atoms with Gasteiger partial charge < -0.3 is 10.2 Å². The number of nitrogens with one attached hydrogen (secondary N) is 1. The molecule has 0 radical (unpaired) electrons. The first-order chi connectivity index (χ1) is 11.2. The molecule has 3 heterocycles. The van der Waals surface area contributed by atoms with Crippen LogP contribution >= 0.6 is 11.3 Å². The standard InChI is InChI=1S/C16H16N6S/c1-21(2)12-7-5-11(6-8-12)14-10-13(15-4-3-9-23-15)17-16-18-19-20-22(14)16/h3-10,14H,1-2H3,(H,17,18,20). The minimum atomic E-state index is -0.0189. The molecule has 116 valence electrons. The van der Waals surface area contributed by atoms with Gasteiger partial charge in [-0.1, -0.05) is 23.3 Å². The van der Waals surface area contributed by atoms with Gasteiger partial charge in [-0.2, -0.15) is 4.68 Å². The van der Waals surface area contributed by atoms with Crippen LogP contribution in [0.5, 0.6) is 0 Å². The van der Waals surface area contributed by atoms with Crippen molar-refractivity contribution in [1.29, 1.82) is 0 Å². The maximum absolute atomic E-state index is 4.13. The highest BCUT2D eigenvalue weighted by Crippen LogP contribution is 2.33. The molecule has 0 fully saturated rings. The number of thiophene rings is 1. The zero-order chi connectivity index (χ0) is 15.8. The first-order valence-corrected chi connectivity index (χ1v) is 8.18. The first kappa shape index (κ1) is 14.0. The van der Waals surface area contributed by atoms with E-state index in [1.54, 1.807) is 11.3 Å². The number of hydrogen-bond donors (Lipinski definition) is 1. The predicted octanol–water partition coefficient (Wildman–Crippen LogP) is 2.86. The van der Waals surface area contributed by atoms with Crippen LogP contribution in [0, 0.1) is 0 Å². The molecule has 1 atom stereocenters. The van der Waals surface area contributed by atoms with Crippen LogP contribution in [0.25, 0.3) is 5.70 Å². The van der Waals surface area contributed by atoms with Crippen molar-refractivity contribution in [3.63, 3.8) is 0 Å². The third kappa shape index (κ3) is 2.49. The van der Waals surface area contributed by atoms with Crippen molar-refractivity contribution in [2.24, 2.45) is 0 Å². The molecule has 1 unspecified atom stereocenters. The van der Waals surface area contributed by atoms with Gasteiger partial charge in [0.25, 0.3) is 0 Å². The van der Waals surface area contributed by atoms with Gasteiger partial charge in [-0.05, 0) is 45.6 Å². The van der Waals surface area contributed by atoms with Gasteiger partial charge in [0.1, 0.15) is 6.04 Å². The van der Waals surface area contributed by atoms with E-state index in [4.69, 9.17) is 0 Å². The fourth-order valence-corrected chi connectivity index (χ4v) is 3.34. The summed E-state index contributed by atoms with van der Waals surface area (Å²) in [6.07, 6.45) is 2.17. The maximum atomic E-state index is 4.13. The van der Waals surface area contributed by atoms with Gasteiger partial charge in [-0.3, -0.25) is 0 Å². The lowest BCUT2D eigenvalue weighted by atomic mass is 10.0. The Balaban J connectivity index is 1.76. The number of nitrogens with zero attached hydrogens (tertiary/aromatic N) is 5. The summed E-state index contributed by atoms with van der Waals surface area (Å²) in [5, 5.41) is 17.4. The van der Waals surface area contributed by atoms with Crippen molar-refractivity contribution >= 4 is 28.7 Å². The number of allylic oxidation sites excluding steroid dienone is 1. The lowest BCUT2D eigenvalue weighted by Gasteiger charge is -2.23. The largest absolute Gasteiger partial charge is 0.378 e. The van der Waals surface area contributed by atoms with Gasteiger partial charge in [-0.25, -0.2) is 0 Å². The Bertz CT molecular complexity index is 832. The monoisotopic (exact) mass is 324 g/mol. The second-order valence-electron chi connectivity index (χ2n) is 5.56. The molecule has 6 nitrogen and oxygen atoms in total. The summed E-state index contributed by atoms with van der Waals surface area (Å²) >= 11 is 1.69. The normalized spacial score (nSPS) is 16.4. The molecule has 1 N–H and O–H groups in total. The van der Waals surface area contributed by atoms with Gasteiger partial charge in [0.05, 0.1) is 10.6 Å². The van der Waals surface area contributed by atoms with Crippen LogP contribution in [0.2, 0.25) is 0 Å². The molecule has 4 rings (SSSR count). The molecule has 0 bridgehead atoms. The predicted molar refractivity (Wildman–Crippen MR) is 92.6 cm³/mol. The van der Waals surface area contributed by atoms with Crippen LogP contribution in [0.1, 0.15) is 16.5 Å². The van der Waals surface area contributed by atoms with Crippen molar-refractivity contribution in [1.82, 2.24) is 20.2 Å². The third-order valence-electron chi connectivity index (χ3n) is 3.86. The van der Waals surface area contributed by atoms with Crippen molar-refractivity contribution in [3.05, 3.63) is 58.3 Å². The molecule has 0 saturated heterocycles. The van der Waals surface area contributed by atoms with Crippen LogP contribution < -0.4 is 10.2 Å². The van der Waals surface area contributed by atoms with E-state index in [1.165, 1.54) is 10.6 Å². The number of benzene rings is 1. The summed E-state index contributed by atoms with van der Waals surface area (Å²) in [4.78, 5) is 3.26. The molecule has 23 heavy (non-hydrogen) atoms. The fourth-order valence-electron chi connectivity index (χ4n) is 2.64. The van der Waals surface area contributed by atoms with E-state index in [0.717, 1.165) is 11.3 Å². The second kappa shape index (κ2) is 5.51. The average Bonchev–Trinajstić information content (AvgIpc) is 3.25. The molecule has 7 heteroatoms. The molecular formula is C16H16N6S. The van der Waals surface area contributed by atoms with Crippen LogP contribution in [-0.2, 0) is 0 Å². The highest BCUT2D eigenvalue weighted by atomic mass is 32.1. The molecule has 1 aliphatic heterocycles. The highest BCUT2D eigenvalue weighted by Gasteiger charge is 2.24. The fraction of sp³-hybridized carbons (Fsp3) is 0.188. The zero-order valence-corrected chi connectivity index (χ0v) is 13.7. The van der Waals surface area contributed by atoms with Crippen LogP contribution in [0.15, 0.2) is 47.9 Å². The van der Waals surface area contributed by atoms with Crippen molar-refractivity contribution in [2.75, 3.05) is 24.3 Å².